The van der Waals surface area contributed by atoms with Crippen molar-refractivity contribution in [3.8, 4) is 0 Å². The smallest absolute Gasteiger partial charge is 0.338 e. The van der Waals surface area contributed by atoms with Crippen molar-refractivity contribution in [2.45, 2.75) is 6.92 Å². The van der Waals surface area contributed by atoms with Gasteiger partial charge in [-0.3, -0.25) is 14.5 Å². The minimum absolute atomic E-state index is 0.296. The Bertz CT molecular complexity index is 610. The number of carbonyl (C=O) groups is 3. The second kappa shape index (κ2) is 9.14. The van der Waals surface area contributed by atoms with Crippen LogP contribution in [0.3, 0.4) is 0 Å². The molecule has 1 aliphatic rings. The van der Waals surface area contributed by atoms with Gasteiger partial charge in [0.2, 0.25) is 0 Å². The Hall–Kier alpha value is -2.45. The Morgan fingerprint density at radius 3 is 2.32 bits per heavy atom. The Morgan fingerprint density at radius 1 is 1.12 bits per heavy atom. The van der Waals surface area contributed by atoms with Crippen LogP contribution in [0.1, 0.15) is 17.3 Å². The second-order valence-electron chi connectivity index (χ2n) is 5.67. The van der Waals surface area contributed by atoms with E-state index in [0.717, 1.165) is 6.54 Å². The highest BCUT2D eigenvalue weighted by molar-refractivity contribution is 6.39. The van der Waals surface area contributed by atoms with Crippen LogP contribution < -0.4 is 11.1 Å². The average Bonchev–Trinajstić information content (AvgIpc) is 2.63. The average molecular weight is 348 g/mol. The van der Waals surface area contributed by atoms with Crippen LogP contribution in [0.15, 0.2) is 24.3 Å². The molecule has 1 aromatic rings. The summed E-state index contributed by atoms with van der Waals surface area (Å²) in [7, 11) is 0. The molecule has 2 amide bonds. The van der Waals surface area contributed by atoms with E-state index in [1.807, 2.05) is 0 Å². The van der Waals surface area contributed by atoms with Crippen molar-refractivity contribution in [2.24, 2.45) is 5.73 Å². The highest BCUT2D eigenvalue weighted by Gasteiger charge is 2.25. The fourth-order valence-electron chi connectivity index (χ4n) is 2.59. The summed E-state index contributed by atoms with van der Waals surface area (Å²) in [5, 5.41) is 2.56. The van der Waals surface area contributed by atoms with Crippen LogP contribution in [-0.4, -0.2) is 73.5 Å². The van der Waals surface area contributed by atoms with Gasteiger partial charge in [0.1, 0.15) is 0 Å². The lowest BCUT2D eigenvalue weighted by molar-refractivity contribution is -0.144. The lowest BCUT2D eigenvalue weighted by atomic mass is 10.2. The van der Waals surface area contributed by atoms with E-state index in [1.54, 1.807) is 31.2 Å². The molecule has 8 nitrogen and oxygen atoms in total. The van der Waals surface area contributed by atoms with Crippen molar-refractivity contribution in [3.05, 3.63) is 29.8 Å². The molecule has 0 radical (unpaired) electrons. The van der Waals surface area contributed by atoms with Gasteiger partial charge in [0.05, 0.1) is 12.2 Å². The number of carbonyl (C=O) groups excluding carboxylic acids is 3. The summed E-state index contributed by atoms with van der Waals surface area (Å²) >= 11 is 0. The first-order valence-electron chi connectivity index (χ1n) is 8.35. The molecule has 0 atom stereocenters. The van der Waals surface area contributed by atoms with Gasteiger partial charge in [-0.15, -0.1) is 0 Å². The molecule has 1 aromatic carbocycles. The molecular formula is C17H24N4O4. The summed E-state index contributed by atoms with van der Waals surface area (Å²) in [6.45, 7) is 5.84. The molecule has 0 saturated carbocycles. The number of amides is 2. The van der Waals surface area contributed by atoms with Crippen LogP contribution in [0.25, 0.3) is 0 Å². The summed E-state index contributed by atoms with van der Waals surface area (Å²) < 4.78 is 4.89. The van der Waals surface area contributed by atoms with Crippen molar-refractivity contribution in [2.75, 3.05) is 51.2 Å². The number of nitrogens with two attached hydrogens (primary N) is 1. The number of piperazine rings is 1. The topological polar surface area (TPSA) is 105 Å². The monoisotopic (exact) mass is 348 g/mol. The predicted octanol–water partition coefficient (Wildman–Crippen LogP) is -0.0953. The first-order valence-corrected chi connectivity index (χ1v) is 8.35. The van der Waals surface area contributed by atoms with Gasteiger partial charge in [0.15, 0.2) is 0 Å². The number of rotatable bonds is 5. The molecule has 136 valence electrons. The maximum Gasteiger partial charge on any atom is 0.338 e. The molecular weight excluding hydrogens is 324 g/mol. The fraction of sp³-hybridized carbons (Fsp3) is 0.471. The molecule has 0 spiro atoms. The quantitative estimate of drug-likeness (QED) is 0.569. The second-order valence-corrected chi connectivity index (χ2v) is 5.67. The van der Waals surface area contributed by atoms with Crippen molar-refractivity contribution in [1.29, 1.82) is 0 Å². The molecule has 0 unspecified atom stereocenters. The Labute approximate surface area is 146 Å². The van der Waals surface area contributed by atoms with E-state index in [1.165, 1.54) is 4.90 Å². The summed E-state index contributed by atoms with van der Waals surface area (Å²) in [6, 6.07) is 6.22. The third kappa shape index (κ3) is 5.27. The lowest BCUT2D eigenvalue weighted by Crippen LogP contribution is -2.52. The molecule has 0 aliphatic carbocycles. The van der Waals surface area contributed by atoms with Gasteiger partial charge in [0.25, 0.3) is 0 Å². The van der Waals surface area contributed by atoms with Gasteiger partial charge in [-0.2, -0.15) is 0 Å². The lowest BCUT2D eigenvalue weighted by Gasteiger charge is -2.34. The number of ether oxygens (including phenoxy) is 1. The van der Waals surface area contributed by atoms with Crippen LogP contribution in [0.4, 0.5) is 5.69 Å². The van der Waals surface area contributed by atoms with E-state index in [-0.39, 0.29) is 0 Å². The van der Waals surface area contributed by atoms with Crippen molar-refractivity contribution in [3.63, 3.8) is 0 Å². The Balaban J connectivity index is 1.87. The number of nitrogens with one attached hydrogen (secondary N) is 1. The van der Waals surface area contributed by atoms with Crippen molar-refractivity contribution in [1.82, 2.24) is 9.80 Å². The minimum Gasteiger partial charge on any atom is -0.462 e. The van der Waals surface area contributed by atoms with Gasteiger partial charge in [0, 0.05) is 45.0 Å². The molecule has 1 heterocycles. The summed E-state index contributed by atoms with van der Waals surface area (Å²) in [4.78, 5) is 39.6. The Kier molecular flexibility index (Phi) is 6.91. The molecule has 0 bridgehead atoms. The SMILES string of the molecule is CCOC(=O)c1ccc(NC(=O)C(=O)N2CCN(CCN)CC2)cc1. The standard InChI is InChI=1S/C17H24N4O4/c1-2-25-17(24)13-3-5-14(6-4-13)19-15(22)16(23)21-11-9-20(8-7-18)10-12-21/h3-6H,2,7-12,18H2,1H3,(H,19,22). The van der Waals surface area contributed by atoms with E-state index >= 15 is 0 Å². The zero-order chi connectivity index (χ0) is 18.2. The molecule has 0 aromatic heterocycles. The maximum absolute atomic E-state index is 12.2. The number of nitrogens with zero attached hydrogens (tertiary/aromatic N) is 2. The number of esters is 1. The molecule has 1 aliphatic heterocycles. The van der Waals surface area contributed by atoms with Crippen molar-refractivity contribution < 1.29 is 19.1 Å². The van der Waals surface area contributed by atoms with Gasteiger partial charge < -0.3 is 20.7 Å². The zero-order valence-electron chi connectivity index (χ0n) is 14.4. The number of hydrogen-bond donors (Lipinski definition) is 2. The molecule has 2 rings (SSSR count). The molecule has 3 N–H and O–H groups in total. The number of anilines is 1. The third-order valence-electron chi connectivity index (χ3n) is 3.95. The van der Waals surface area contributed by atoms with Gasteiger partial charge in [-0.25, -0.2) is 4.79 Å². The number of hydrogen-bond acceptors (Lipinski definition) is 6. The van der Waals surface area contributed by atoms with Crippen LogP contribution in [0.2, 0.25) is 0 Å². The van der Waals surface area contributed by atoms with Gasteiger partial charge in [-0.1, -0.05) is 0 Å². The predicted molar refractivity (Wildman–Crippen MR) is 93.1 cm³/mol. The van der Waals surface area contributed by atoms with E-state index < -0.39 is 17.8 Å². The van der Waals surface area contributed by atoms with Crippen LogP contribution >= 0.6 is 0 Å². The van der Waals surface area contributed by atoms with E-state index in [0.29, 0.717) is 50.6 Å². The van der Waals surface area contributed by atoms with Crippen LogP contribution in [0.5, 0.6) is 0 Å². The Morgan fingerprint density at radius 2 is 1.76 bits per heavy atom. The summed E-state index contributed by atoms with van der Waals surface area (Å²) in [5.41, 5.74) is 6.36. The zero-order valence-corrected chi connectivity index (χ0v) is 14.4. The maximum atomic E-state index is 12.2. The molecule has 25 heavy (non-hydrogen) atoms. The normalized spacial score (nSPS) is 14.9. The highest BCUT2D eigenvalue weighted by Crippen LogP contribution is 2.11. The largest absolute Gasteiger partial charge is 0.462 e. The van der Waals surface area contributed by atoms with Gasteiger partial charge in [-0.05, 0) is 31.2 Å². The van der Waals surface area contributed by atoms with Crippen LogP contribution in [-0.2, 0) is 14.3 Å². The first-order chi connectivity index (χ1) is 12.0. The third-order valence-corrected chi connectivity index (χ3v) is 3.95. The highest BCUT2D eigenvalue weighted by atomic mass is 16.5. The molecule has 8 heteroatoms. The van der Waals surface area contributed by atoms with E-state index in [9.17, 15) is 14.4 Å². The van der Waals surface area contributed by atoms with E-state index in [4.69, 9.17) is 10.5 Å². The molecule has 1 saturated heterocycles. The van der Waals surface area contributed by atoms with E-state index in [2.05, 4.69) is 10.2 Å². The van der Waals surface area contributed by atoms with Gasteiger partial charge >= 0.3 is 17.8 Å². The molecule has 1 fully saturated rings. The summed E-state index contributed by atoms with van der Waals surface area (Å²) in [6.07, 6.45) is 0. The summed E-state index contributed by atoms with van der Waals surface area (Å²) in [5.74, 6) is -1.66. The van der Waals surface area contributed by atoms with Crippen molar-refractivity contribution >= 4 is 23.5 Å². The first kappa shape index (κ1) is 18.9. The minimum atomic E-state index is -0.684. The number of benzene rings is 1. The fourth-order valence-corrected chi connectivity index (χ4v) is 2.59. The van der Waals surface area contributed by atoms with Crippen LogP contribution in [0, 0.1) is 0 Å².